The van der Waals surface area contributed by atoms with Crippen LogP contribution in [0.4, 0.5) is 0 Å². The lowest BCUT2D eigenvalue weighted by molar-refractivity contribution is -0.146. The number of carbonyl (C=O) groups is 4. The summed E-state index contributed by atoms with van der Waals surface area (Å²) in [6, 6.07) is 0. The molecule has 8 heteroatoms. The highest BCUT2D eigenvalue weighted by atomic mass is 16.5. The molecule has 0 aliphatic carbocycles. The van der Waals surface area contributed by atoms with Gasteiger partial charge in [0, 0.05) is 41.9 Å². The maximum absolute atomic E-state index is 12.8. The quantitative estimate of drug-likeness (QED) is 0.295. The first-order chi connectivity index (χ1) is 15.7. The van der Waals surface area contributed by atoms with Crippen molar-refractivity contribution in [1.29, 1.82) is 0 Å². The fraction of sp³-hybridized carbons (Fsp3) is 0.852. The van der Waals surface area contributed by atoms with E-state index < -0.39 is 16.5 Å². The van der Waals surface area contributed by atoms with Crippen molar-refractivity contribution in [3.8, 4) is 0 Å². The maximum Gasteiger partial charge on any atom is 0.233 e. The number of amides is 3. The minimum atomic E-state index is -0.706. The zero-order chi connectivity index (χ0) is 27.4. The molecule has 1 rings (SSSR count). The van der Waals surface area contributed by atoms with E-state index in [2.05, 4.69) is 5.32 Å². The average molecular weight is 493 g/mol. The molecule has 0 spiro atoms. The minimum absolute atomic E-state index is 0.0930. The second kappa shape index (κ2) is 11.6. The van der Waals surface area contributed by atoms with E-state index in [1.54, 1.807) is 7.85 Å². The van der Waals surface area contributed by atoms with E-state index in [4.69, 9.17) is 4.74 Å². The molecule has 0 aromatic carbocycles. The van der Waals surface area contributed by atoms with Gasteiger partial charge in [-0.3, -0.25) is 19.3 Å². The standard InChI is InChI=1S/C27H49BN2O5/c1-18(2)19-17-21(32)30(22(19)33)26(7,8)12-11-20(31)29-25(5,6)13-14-27(9,10)35-16-15-24(3,4)23(28)34/h18-19H,11-17,28H2,1-10H3,(H,29,31). The van der Waals surface area contributed by atoms with E-state index in [9.17, 15) is 19.2 Å². The van der Waals surface area contributed by atoms with Gasteiger partial charge in [-0.15, -0.1) is 0 Å². The van der Waals surface area contributed by atoms with E-state index in [1.165, 1.54) is 4.90 Å². The molecule has 1 N–H and O–H groups in total. The number of likely N-dealkylation sites (tertiary alicyclic amines) is 1. The molecule has 1 saturated heterocycles. The summed E-state index contributed by atoms with van der Waals surface area (Å²) in [7, 11) is 1.61. The SMILES string of the molecule is BC(=O)C(C)(C)CCOC(C)(C)CCC(C)(C)NC(=O)CCC(C)(C)N1C(=O)CC(C(C)C)C1=O. The van der Waals surface area contributed by atoms with E-state index in [-0.39, 0.29) is 53.7 Å². The average Bonchev–Trinajstić information content (AvgIpc) is 2.99. The number of nitrogens with one attached hydrogen (secondary N) is 1. The molecule has 35 heavy (non-hydrogen) atoms. The van der Waals surface area contributed by atoms with E-state index >= 15 is 0 Å². The van der Waals surface area contributed by atoms with Gasteiger partial charge in [0.05, 0.1) is 11.3 Å². The van der Waals surface area contributed by atoms with Crippen LogP contribution in [0.1, 0.15) is 108 Å². The van der Waals surface area contributed by atoms with Crippen LogP contribution in [0.2, 0.25) is 0 Å². The molecule has 1 heterocycles. The Bertz CT molecular complexity index is 801. The summed E-state index contributed by atoms with van der Waals surface area (Å²) in [6.45, 7) is 20.1. The third kappa shape index (κ3) is 9.36. The number of carbonyl (C=O) groups excluding carboxylic acids is 4. The zero-order valence-corrected chi connectivity index (χ0v) is 24.1. The monoisotopic (exact) mass is 492 g/mol. The van der Waals surface area contributed by atoms with Gasteiger partial charge in [-0.05, 0) is 73.1 Å². The van der Waals surface area contributed by atoms with Crippen molar-refractivity contribution >= 4 is 31.3 Å². The number of rotatable bonds is 14. The van der Waals surface area contributed by atoms with Crippen LogP contribution in [0, 0.1) is 17.3 Å². The van der Waals surface area contributed by atoms with Gasteiger partial charge in [-0.25, -0.2) is 0 Å². The second-order valence-corrected chi connectivity index (χ2v) is 13.2. The Balaban J connectivity index is 2.57. The molecule has 0 aromatic heterocycles. The van der Waals surface area contributed by atoms with Gasteiger partial charge < -0.3 is 14.8 Å². The van der Waals surface area contributed by atoms with Crippen molar-refractivity contribution in [1.82, 2.24) is 10.2 Å². The molecule has 1 unspecified atom stereocenters. The van der Waals surface area contributed by atoms with Gasteiger partial charge in [-0.2, -0.15) is 0 Å². The van der Waals surface area contributed by atoms with Crippen LogP contribution in [0.5, 0.6) is 0 Å². The zero-order valence-electron chi connectivity index (χ0n) is 24.1. The molecular weight excluding hydrogens is 443 g/mol. The number of nitrogens with zero attached hydrogens (tertiary/aromatic N) is 1. The van der Waals surface area contributed by atoms with Gasteiger partial charge in [0.15, 0.2) is 7.85 Å². The molecule has 3 amide bonds. The van der Waals surface area contributed by atoms with Crippen molar-refractivity contribution in [2.75, 3.05) is 6.61 Å². The highest BCUT2D eigenvalue weighted by Crippen LogP contribution is 2.34. The smallest absolute Gasteiger partial charge is 0.233 e. The molecule has 1 fully saturated rings. The third-order valence-electron chi connectivity index (χ3n) is 7.56. The van der Waals surface area contributed by atoms with Crippen molar-refractivity contribution in [2.24, 2.45) is 17.3 Å². The van der Waals surface area contributed by atoms with E-state index in [0.717, 1.165) is 12.8 Å². The van der Waals surface area contributed by atoms with Crippen LogP contribution in [0.25, 0.3) is 0 Å². The van der Waals surface area contributed by atoms with Crippen LogP contribution in [0.3, 0.4) is 0 Å². The lowest BCUT2D eigenvalue weighted by Gasteiger charge is -2.35. The number of hydrogen-bond donors (Lipinski definition) is 1. The molecule has 1 atom stereocenters. The Morgan fingerprint density at radius 2 is 1.57 bits per heavy atom. The summed E-state index contributed by atoms with van der Waals surface area (Å²) in [5.74, 6) is -0.513. The van der Waals surface area contributed by atoms with Crippen LogP contribution in [-0.2, 0) is 23.9 Å². The van der Waals surface area contributed by atoms with Gasteiger partial charge in [0.2, 0.25) is 17.7 Å². The molecule has 200 valence electrons. The predicted octanol–water partition coefficient (Wildman–Crippen LogP) is 3.62. The predicted molar refractivity (Wildman–Crippen MR) is 142 cm³/mol. The fourth-order valence-corrected chi connectivity index (χ4v) is 4.29. The molecule has 1 aliphatic rings. The first-order valence-electron chi connectivity index (χ1n) is 13.0. The summed E-state index contributed by atoms with van der Waals surface area (Å²) < 4.78 is 6.08. The number of hydrogen-bond acceptors (Lipinski definition) is 5. The summed E-state index contributed by atoms with van der Waals surface area (Å²) in [5.41, 5.74) is -1.74. The Hall–Kier alpha value is -1.70. The Morgan fingerprint density at radius 3 is 2.06 bits per heavy atom. The molecule has 0 saturated carbocycles. The largest absolute Gasteiger partial charge is 0.376 e. The first-order valence-corrected chi connectivity index (χ1v) is 13.0. The number of ether oxygens (including phenoxy) is 1. The van der Waals surface area contributed by atoms with Gasteiger partial charge in [0.25, 0.3) is 0 Å². The summed E-state index contributed by atoms with van der Waals surface area (Å²) in [5, 5.41) is 3.11. The van der Waals surface area contributed by atoms with Gasteiger partial charge in [-0.1, -0.05) is 27.7 Å². The lowest BCUT2D eigenvalue weighted by atomic mass is 9.75. The van der Waals surface area contributed by atoms with Crippen molar-refractivity contribution in [2.45, 2.75) is 124 Å². The third-order valence-corrected chi connectivity index (χ3v) is 7.56. The van der Waals surface area contributed by atoms with E-state index in [0.29, 0.717) is 19.4 Å². The highest BCUT2D eigenvalue weighted by Gasteiger charge is 2.46. The topological polar surface area (TPSA) is 92.8 Å². The lowest BCUT2D eigenvalue weighted by Crippen LogP contribution is -2.49. The molecular formula is C27H49BN2O5. The van der Waals surface area contributed by atoms with Crippen molar-refractivity contribution in [3.63, 3.8) is 0 Å². The van der Waals surface area contributed by atoms with E-state index in [1.807, 2.05) is 69.2 Å². The molecule has 0 bridgehead atoms. The Labute approximate surface area is 213 Å². The number of imide groups is 1. The molecule has 1 aliphatic heterocycles. The molecule has 0 radical (unpaired) electrons. The first kappa shape index (κ1) is 31.3. The minimum Gasteiger partial charge on any atom is -0.376 e. The maximum atomic E-state index is 12.8. The molecule has 7 nitrogen and oxygen atoms in total. The van der Waals surface area contributed by atoms with Crippen LogP contribution < -0.4 is 5.32 Å². The summed E-state index contributed by atoms with van der Waals surface area (Å²) in [4.78, 5) is 51.2. The fourth-order valence-electron chi connectivity index (χ4n) is 4.29. The highest BCUT2D eigenvalue weighted by molar-refractivity contribution is 6.58. The Kier molecular flexibility index (Phi) is 10.4. The van der Waals surface area contributed by atoms with Gasteiger partial charge in [0.1, 0.15) is 0 Å². The Morgan fingerprint density at radius 1 is 1.00 bits per heavy atom. The summed E-state index contributed by atoms with van der Waals surface area (Å²) >= 11 is 0. The molecule has 0 aromatic rings. The van der Waals surface area contributed by atoms with Crippen LogP contribution in [0.15, 0.2) is 0 Å². The summed E-state index contributed by atoms with van der Waals surface area (Å²) in [6.07, 6.45) is 3.05. The van der Waals surface area contributed by atoms with Crippen molar-refractivity contribution in [3.05, 3.63) is 0 Å². The van der Waals surface area contributed by atoms with Crippen LogP contribution >= 0.6 is 0 Å². The van der Waals surface area contributed by atoms with Gasteiger partial charge >= 0.3 is 0 Å². The second-order valence-electron chi connectivity index (χ2n) is 13.2. The van der Waals surface area contributed by atoms with Crippen molar-refractivity contribution < 1.29 is 23.9 Å². The van der Waals surface area contributed by atoms with Crippen LogP contribution in [-0.4, -0.2) is 59.4 Å². The normalized spacial score (nSPS) is 17.9.